The highest BCUT2D eigenvalue weighted by Gasteiger charge is 2.11. The minimum atomic E-state index is -0.990. The first kappa shape index (κ1) is 10.7. The second-order valence-corrected chi connectivity index (χ2v) is 3.61. The molecule has 0 unspecified atom stereocenters. The van der Waals surface area contributed by atoms with Crippen LogP contribution in [0.4, 0.5) is 0 Å². The van der Waals surface area contributed by atoms with Gasteiger partial charge < -0.3 is 5.11 Å². The fourth-order valence-corrected chi connectivity index (χ4v) is 1.69. The van der Waals surface area contributed by atoms with E-state index in [1.807, 2.05) is 13.0 Å². The molecule has 4 heteroatoms. The van der Waals surface area contributed by atoms with Crippen molar-refractivity contribution in [3.63, 3.8) is 0 Å². The number of benzene rings is 1. The van der Waals surface area contributed by atoms with Crippen LogP contribution in [0.25, 0.3) is 0 Å². The molecule has 0 fully saturated rings. The topological polar surface area (TPSA) is 61.1 Å². The number of carboxylic acids is 1. The number of halogens is 1. The molecule has 72 valence electrons. The van der Waals surface area contributed by atoms with Crippen molar-refractivity contribution in [3.05, 3.63) is 33.3 Å². The quantitative estimate of drug-likeness (QED) is 0.882. The Balaban J connectivity index is 3.39. The van der Waals surface area contributed by atoms with E-state index < -0.39 is 5.97 Å². The number of aromatic carboxylic acids is 1. The zero-order valence-electron chi connectivity index (χ0n) is 7.54. The number of nitrogens with zero attached hydrogens (tertiary/aromatic N) is 1. The Morgan fingerprint density at radius 2 is 2.29 bits per heavy atom. The number of nitriles is 1. The van der Waals surface area contributed by atoms with Crippen LogP contribution in [0.5, 0.6) is 0 Å². The van der Waals surface area contributed by atoms with Crippen molar-refractivity contribution in [2.45, 2.75) is 13.3 Å². The highest BCUT2D eigenvalue weighted by atomic mass is 79.9. The Bertz CT molecular complexity index is 421. The lowest BCUT2D eigenvalue weighted by atomic mass is 10.0. The number of carbonyl (C=O) groups is 1. The van der Waals surface area contributed by atoms with Crippen LogP contribution in [0.3, 0.4) is 0 Å². The maximum absolute atomic E-state index is 10.8. The SMILES string of the molecule is CCc1cc(C(=O)O)c(Br)cc1C#N. The van der Waals surface area contributed by atoms with Gasteiger partial charge in [0.25, 0.3) is 0 Å². The largest absolute Gasteiger partial charge is 0.478 e. The van der Waals surface area contributed by atoms with Crippen LogP contribution in [-0.4, -0.2) is 11.1 Å². The Labute approximate surface area is 90.1 Å². The van der Waals surface area contributed by atoms with Gasteiger partial charge in [0.1, 0.15) is 0 Å². The van der Waals surface area contributed by atoms with Crippen molar-refractivity contribution in [1.82, 2.24) is 0 Å². The van der Waals surface area contributed by atoms with Crippen molar-refractivity contribution >= 4 is 21.9 Å². The summed E-state index contributed by atoms with van der Waals surface area (Å²) in [5, 5.41) is 17.6. The molecule has 0 heterocycles. The lowest BCUT2D eigenvalue weighted by Crippen LogP contribution is -2.00. The summed E-state index contributed by atoms with van der Waals surface area (Å²) < 4.78 is 0.443. The van der Waals surface area contributed by atoms with Crippen molar-refractivity contribution in [3.8, 4) is 6.07 Å². The lowest BCUT2D eigenvalue weighted by Gasteiger charge is -2.04. The zero-order valence-corrected chi connectivity index (χ0v) is 9.13. The third kappa shape index (κ3) is 1.94. The summed E-state index contributed by atoms with van der Waals surface area (Å²) in [7, 11) is 0. The van der Waals surface area contributed by atoms with E-state index in [-0.39, 0.29) is 5.56 Å². The fraction of sp³-hybridized carbons (Fsp3) is 0.200. The predicted molar refractivity (Wildman–Crippen MR) is 55.2 cm³/mol. The number of rotatable bonds is 2. The molecule has 3 nitrogen and oxygen atoms in total. The highest BCUT2D eigenvalue weighted by Crippen LogP contribution is 2.22. The van der Waals surface area contributed by atoms with E-state index in [4.69, 9.17) is 10.4 Å². The molecular weight excluding hydrogens is 246 g/mol. The first-order chi connectivity index (χ1) is 6.60. The van der Waals surface area contributed by atoms with Gasteiger partial charge in [-0.05, 0) is 40.0 Å². The van der Waals surface area contributed by atoms with Crippen LogP contribution in [0.2, 0.25) is 0 Å². The summed E-state index contributed by atoms with van der Waals surface area (Å²) in [6.07, 6.45) is 0.649. The second kappa shape index (κ2) is 4.25. The van der Waals surface area contributed by atoms with E-state index in [0.29, 0.717) is 16.5 Å². The smallest absolute Gasteiger partial charge is 0.336 e. The Morgan fingerprint density at radius 1 is 1.64 bits per heavy atom. The summed E-state index contributed by atoms with van der Waals surface area (Å²) in [6, 6.07) is 5.11. The Kier molecular flexibility index (Phi) is 3.26. The summed E-state index contributed by atoms with van der Waals surface area (Å²) in [4.78, 5) is 10.8. The molecule has 0 aliphatic heterocycles. The van der Waals surface area contributed by atoms with Crippen LogP contribution in [0.15, 0.2) is 16.6 Å². The summed E-state index contributed by atoms with van der Waals surface area (Å²) in [5.41, 5.74) is 1.47. The number of carboxylic acid groups (broad SMARTS) is 1. The summed E-state index contributed by atoms with van der Waals surface area (Å²) in [6.45, 7) is 1.88. The molecule has 1 N–H and O–H groups in total. The molecule has 0 saturated carbocycles. The zero-order chi connectivity index (χ0) is 10.7. The monoisotopic (exact) mass is 253 g/mol. The third-order valence-electron chi connectivity index (χ3n) is 1.92. The van der Waals surface area contributed by atoms with Crippen molar-refractivity contribution < 1.29 is 9.90 Å². The van der Waals surface area contributed by atoms with Crippen LogP contribution in [-0.2, 0) is 6.42 Å². The van der Waals surface area contributed by atoms with E-state index >= 15 is 0 Å². The molecule has 0 atom stereocenters. The third-order valence-corrected chi connectivity index (χ3v) is 2.58. The van der Waals surface area contributed by atoms with E-state index in [9.17, 15) is 4.79 Å². The molecule has 1 aromatic rings. The second-order valence-electron chi connectivity index (χ2n) is 2.76. The Morgan fingerprint density at radius 3 is 2.71 bits per heavy atom. The molecule has 0 aliphatic rings. The molecule has 0 aromatic heterocycles. The fourth-order valence-electron chi connectivity index (χ4n) is 1.18. The summed E-state index contributed by atoms with van der Waals surface area (Å²) in [5.74, 6) is -0.990. The standard InChI is InChI=1S/C10H8BrNO2/c1-2-6-3-8(10(13)14)9(11)4-7(6)5-12/h3-4H,2H2,1H3,(H,13,14). The van der Waals surface area contributed by atoms with E-state index in [1.165, 1.54) is 6.07 Å². The van der Waals surface area contributed by atoms with Gasteiger partial charge in [0.15, 0.2) is 0 Å². The van der Waals surface area contributed by atoms with E-state index in [0.717, 1.165) is 5.56 Å². The van der Waals surface area contributed by atoms with Gasteiger partial charge in [-0.3, -0.25) is 0 Å². The van der Waals surface area contributed by atoms with Gasteiger partial charge in [0, 0.05) is 4.47 Å². The minimum Gasteiger partial charge on any atom is -0.478 e. The van der Waals surface area contributed by atoms with Gasteiger partial charge in [-0.25, -0.2) is 4.79 Å². The molecule has 14 heavy (non-hydrogen) atoms. The minimum absolute atomic E-state index is 0.195. The molecule has 0 amide bonds. The van der Waals surface area contributed by atoms with Gasteiger partial charge in [0.2, 0.25) is 0 Å². The van der Waals surface area contributed by atoms with E-state index in [2.05, 4.69) is 15.9 Å². The van der Waals surface area contributed by atoms with Crippen LogP contribution < -0.4 is 0 Å². The molecular formula is C10H8BrNO2. The van der Waals surface area contributed by atoms with Crippen LogP contribution in [0, 0.1) is 11.3 Å². The van der Waals surface area contributed by atoms with Gasteiger partial charge in [0.05, 0.1) is 17.2 Å². The van der Waals surface area contributed by atoms with Crippen molar-refractivity contribution in [2.24, 2.45) is 0 Å². The maximum atomic E-state index is 10.8. The van der Waals surface area contributed by atoms with E-state index in [1.54, 1.807) is 6.07 Å². The molecule has 0 aliphatic carbocycles. The molecule has 1 rings (SSSR count). The van der Waals surface area contributed by atoms with Gasteiger partial charge in [-0.15, -0.1) is 0 Å². The lowest BCUT2D eigenvalue weighted by molar-refractivity contribution is 0.0696. The molecule has 1 aromatic carbocycles. The van der Waals surface area contributed by atoms with Gasteiger partial charge >= 0.3 is 5.97 Å². The van der Waals surface area contributed by atoms with Crippen molar-refractivity contribution in [2.75, 3.05) is 0 Å². The van der Waals surface area contributed by atoms with Gasteiger partial charge in [-0.1, -0.05) is 6.92 Å². The molecule has 0 saturated heterocycles. The number of hydrogen-bond donors (Lipinski definition) is 1. The number of hydrogen-bond acceptors (Lipinski definition) is 2. The Hall–Kier alpha value is -1.34. The average Bonchev–Trinajstić information content (AvgIpc) is 2.16. The van der Waals surface area contributed by atoms with Crippen LogP contribution in [0.1, 0.15) is 28.4 Å². The normalized spacial score (nSPS) is 9.50. The van der Waals surface area contributed by atoms with Crippen molar-refractivity contribution in [1.29, 1.82) is 5.26 Å². The number of aryl methyl sites for hydroxylation is 1. The predicted octanol–water partition coefficient (Wildman–Crippen LogP) is 2.58. The van der Waals surface area contributed by atoms with Crippen LogP contribution >= 0.6 is 15.9 Å². The first-order valence-electron chi connectivity index (χ1n) is 4.06. The molecule has 0 radical (unpaired) electrons. The first-order valence-corrected chi connectivity index (χ1v) is 4.85. The molecule has 0 bridgehead atoms. The summed E-state index contributed by atoms with van der Waals surface area (Å²) >= 11 is 3.12. The van der Waals surface area contributed by atoms with Gasteiger partial charge in [-0.2, -0.15) is 5.26 Å². The molecule has 0 spiro atoms. The average molecular weight is 254 g/mol. The highest BCUT2D eigenvalue weighted by molar-refractivity contribution is 9.10. The maximum Gasteiger partial charge on any atom is 0.336 e.